The van der Waals surface area contributed by atoms with E-state index in [0.717, 1.165) is 13.0 Å². The quantitative estimate of drug-likeness (QED) is 0.824. The van der Waals surface area contributed by atoms with Gasteiger partial charge in [-0.25, -0.2) is 0 Å². The third kappa shape index (κ3) is 3.84. The summed E-state index contributed by atoms with van der Waals surface area (Å²) < 4.78 is 2.13. The fourth-order valence-electron chi connectivity index (χ4n) is 2.06. The molecule has 3 heteroatoms. The van der Waals surface area contributed by atoms with Gasteiger partial charge in [0.25, 0.3) is 0 Å². The molecule has 1 aromatic rings. The summed E-state index contributed by atoms with van der Waals surface area (Å²) in [7, 11) is 0. The molecule has 0 saturated carbocycles. The maximum Gasteiger partial charge on any atom is 0.0492 e. The highest BCUT2D eigenvalue weighted by molar-refractivity contribution is 5.14. The fraction of sp³-hybridized carbons (Fsp3) is 0.786. The van der Waals surface area contributed by atoms with Crippen LogP contribution in [0, 0.1) is 0 Å². The molecule has 1 rings (SSSR count). The van der Waals surface area contributed by atoms with Crippen LogP contribution in [-0.4, -0.2) is 22.4 Å². The Kier molecular flexibility index (Phi) is 4.75. The first-order valence-corrected chi connectivity index (χ1v) is 6.62. The Labute approximate surface area is 106 Å². The van der Waals surface area contributed by atoms with Crippen molar-refractivity contribution in [3.63, 3.8) is 0 Å². The molecule has 0 radical (unpaired) electrons. The van der Waals surface area contributed by atoms with Crippen molar-refractivity contribution in [1.82, 2.24) is 15.1 Å². The molecule has 0 fully saturated rings. The largest absolute Gasteiger partial charge is 0.314 e. The van der Waals surface area contributed by atoms with E-state index in [9.17, 15) is 0 Å². The molecule has 0 amide bonds. The summed E-state index contributed by atoms with van der Waals surface area (Å²) in [5.74, 6) is 0. The molecule has 1 N–H and O–H groups in total. The second kappa shape index (κ2) is 5.67. The molecule has 0 aromatic carbocycles. The van der Waals surface area contributed by atoms with Crippen molar-refractivity contribution in [2.75, 3.05) is 6.54 Å². The smallest absolute Gasteiger partial charge is 0.0492 e. The van der Waals surface area contributed by atoms with E-state index in [-0.39, 0.29) is 5.41 Å². The van der Waals surface area contributed by atoms with Crippen LogP contribution in [0.4, 0.5) is 0 Å². The van der Waals surface area contributed by atoms with Crippen LogP contribution in [-0.2, 0) is 5.41 Å². The first kappa shape index (κ1) is 14.2. The molecule has 0 atom stereocenters. The highest BCUT2D eigenvalue weighted by Crippen LogP contribution is 2.28. The highest BCUT2D eigenvalue weighted by Gasteiger charge is 2.25. The van der Waals surface area contributed by atoms with Gasteiger partial charge in [-0.3, -0.25) is 4.68 Å². The predicted molar refractivity (Wildman–Crippen MR) is 73.4 cm³/mol. The highest BCUT2D eigenvalue weighted by atomic mass is 15.3. The second-order valence-corrected chi connectivity index (χ2v) is 6.00. The fourth-order valence-corrected chi connectivity index (χ4v) is 2.06. The normalized spacial score (nSPS) is 12.7. The lowest BCUT2D eigenvalue weighted by molar-refractivity contribution is 0.387. The Morgan fingerprint density at radius 3 is 2.47 bits per heavy atom. The molecular weight excluding hydrogens is 210 g/mol. The molecule has 0 spiro atoms. The monoisotopic (exact) mass is 237 g/mol. The van der Waals surface area contributed by atoms with Gasteiger partial charge in [-0.15, -0.1) is 0 Å². The molecule has 0 aliphatic carbocycles. The maximum atomic E-state index is 4.42. The molecule has 0 saturated heterocycles. The van der Waals surface area contributed by atoms with Crippen LogP contribution >= 0.6 is 0 Å². The van der Waals surface area contributed by atoms with E-state index < -0.39 is 0 Å². The summed E-state index contributed by atoms with van der Waals surface area (Å²) >= 11 is 0. The van der Waals surface area contributed by atoms with Crippen LogP contribution in [0.5, 0.6) is 0 Å². The minimum absolute atomic E-state index is 0.169. The third-order valence-corrected chi connectivity index (χ3v) is 3.16. The van der Waals surface area contributed by atoms with E-state index in [1.165, 1.54) is 5.69 Å². The zero-order valence-corrected chi connectivity index (χ0v) is 12.1. The van der Waals surface area contributed by atoms with Crippen LogP contribution in [0.1, 0.15) is 59.7 Å². The van der Waals surface area contributed by atoms with Crippen molar-refractivity contribution in [3.8, 4) is 0 Å². The van der Waals surface area contributed by atoms with E-state index in [2.05, 4.69) is 62.7 Å². The Bertz CT molecular complexity index is 337. The molecule has 3 nitrogen and oxygen atoms in total. The zero-order valence-electron chi connectivity index (χ0n) is 12.1. The summed E-state index contributed by atoms with van der Waals surface area (Å²) in [6.45, 7) is 14.4. The molecule has 0 bridgehead atoms. The average Bonchev–Trinajstić information content (AvgIpc) is 2.65. The summed E-state index contributed by atoms with van der Waals surface area (Å²) in [4.78, 5) is 0. The number of nitrogens with zero attached hydrogens (tertiary/aromatic N) is 2. The lowest BCUT2D eigenvalue weighted by atomic mass is 9.85. The van der Waals surface area contributed by atoms with E-state index in [4.69, 9.17) is 0 Å². The van der Waals surface area contributed by atoms with Crippen LogP contribution in [0.15, 0.2) is 12.3 Å². The van der Waals surface area contributed by atoms with Gasteiger partial charge in [0.15, 0.2) is 0 Å². The third-order valence-electron chi connectivity index (χ3n) is 3.16. The van der Waals surface area contributed by atoms with Gasteiger partial charge >= 0.3 is 0 Å². The Morgan fingerprint density at radius 1 is 1.29 bits per heavy atom. The SMILES string of the molecule is CC(C)NCCC(C)(C)c1ccnn1C(C)C. The van der Waals surface area contributed by atoms with Gasteiger partial charge in [0, 0.05) is 29.4 Å². The van der Waals surface area contributed by atoms with Crippen molar-refractivity contribution in [1.29, 1.82) is 0 Å². The van der Waals surface area contributed by atoms with Crippen LogP contribution in [0.3, 0.4) is 0 Å². The molecule has 1 aromatic heterocycles. The standard InChI is InChI=1S/C14H27N3/c1-11(2)15-10-8-14(5,6)13-7-9-16-17(13)12(3)4/h7,9,11-12,15H,8,10H2,1-6H3. The van der Waals surface area contributed by atoms with Gasteiger partial charge in [0.2, 0.25) is 0 Å². The molecule has 0 unspecified atom stereocenters. The zero-order chi connectivity index (χ0) is 13.1. The summed E-state index contributed by atoms with van der Waals surface area (Å²) in [5, 5.41) is 7.90. The van der Waals surface area contributed by atoms with Crippen LogP contribution < -0.4 is 5.32 Å². The van der Waals surface area contributed by atoms with Crippen molar-refractivity contribution in [2.45, 2.75) is 65.5 Å². The Hall–Kier alpha value is -0.830. The molecule has 0 aliphatic rings. The summed E-state index contributed by atoms with van der Waals surface area (Å²) in [5.41, 5.74) is 1.50. The van der Waals surface area contributed by atoms with Gasteiger partial charge in [-0.2, -0.15) is 5.10 Å². The Balaban J connectivity index is 2.71. The number of hydrogen-bond acceptors (Lipinski definition) is 2. The van der Waals surface area contributed by atoms with E-state index in [0.29, 0.717) is 12.1 Å². The van der Waals surface area contributed by atoms with Gasteiger partial charge in [0.1, 0.15) is 0 Å². The van der Waals surface area contributed by atoms with E-state index >= 15 is 0 Å². The molecule has 17 heavy (non-hydrogen) atoms. The first-order chi connectivity index (χ1) is 7.84. The summed E-state index contributed by atoms with van der Waals surface area (Å²) in [6.07, 6.45) is 3.04. The maximum absolute atomic E-state index is 4.42. The van der Waals surface area contributed by atoms with Gasteiger partial charge < -0.3 is 5.32 Å². The molecule has 0 aliphatic heterocycles. The number of nitrogens with one attached hydrogen (secondary N) is 1. The van der Waals surface area contributed by atoms with Gasteiger partial charge in [-0.1, -0.05) is 27.7 Å². The van der Waals surface area contributed by atoms with Crippen LogP contribution in [0.2, 0.25) is 0 Å². The molecule has 98 valence electrons. The van der Waals surface area contributed by atoms with Crippen molar-refractivity contribution < 1.29 is 0 Å². The van der Waals surface area contributed by atoms with Gasteiger partial charge in [0.05, 0.1) is 0 Å². The number of aromatic nitrogens is 2. The second-order valence-electron chi connectivity index (χ2n) is 6.00. The lowest BCUT2D eigenvalue weighted by Gasteiger charge is -2.27. The number of hydrogen-bond donors (Lipinski definition) is 1. The number of rotatable bonds is 6. The molecule has 1 heterocycles. The lowest BCUT2D eigenvalue weighted by Crippen LogP contribution is -2.31. The predicted octanol–water partition coefficient (Wildman–Crippen LogP) is 3.13. The van der Waals surface area contributed by atoms with E-state index in [1.54, 1.807) is 0 Å². The molecular formula is C14H27N3. The van der Waals surface area contributed by atoms with Crippen LogP contribution in [0.25, 0.3) is 0 Å². The van der Waals surface area contributed by atoms with E-state index in [1.807, 2.05) is 6.20 Å². The van der Waals surface area contributed by atoms with Crippen molar-refractivity contribution >= 4 is 0 Å². The summed E-state index contributed by atoms with van der Waals surface area (Å²) in [6, 6.07) is 3.13. The van der Waals surface area contributed by atoms with Crippen molar-refractivity contribution in [2.24, 2.45) is 0 Å². The first-order valence-electron chi connectivity index (χ1n) is 6.62. The van der Waals surface area contributed by atoms with Gasteiger partial charge in [-0.05, 0) is 32.9 Å². The minimum atomic E-state index is 0.169. The van der Waals surface area contributed by atoms with Crippen molar-refractivity contribution in [3.05, 3.63) is 18.0 Å². The topological polar surface area (TPSA) is 29.9 Å². The average molecular weight is 237 g/mol. The Morgan fingerprint density at radius 2 is 1.94 bits per heavy atom. The minimum Gasteiger partial charge on any atom is -0.314 e.